The summed E-state index contributed by atoms with van der Waals surface area (Å²) in [5, 5.41) is 2.42. The molecule has 1 rings (SSSR count). The van der Waals surface area contributed by atoms with Gasteiger partial charge in [-0.05, 0) is 31.2 Å². The van der Waals surface area contributed by atoms with E-state index >= 15 is 0 Å². The van der Waals surface area contributed by atoms with Crippen LogP contribution in [0.5, 0.6) is 0 Å². The Kier molecular flexibility index (Phi) is 5.40. The van der Waals surface area contributed by atoms with Gasteiger partial charge in [-0.1, -0.05) is 0 Å². The van der Waals surface area contributed by atoms with Gasteiger partial charge < -0.3 is 10.1 Å². The molecule has 19 heavy (non-hydrogen) atoms. The van der Waals surface area contributed by atoms with E-state index in [4.69, 9.17) is 0 Å². The molecule has 0 fully saturated rings. The predicted octanol–water partition coefficient (Wildman–Crippen LogP) is 0.960. The average molecular weight is 263 g/mol. The van der Waals surface area contributed by atoms with Gasteiger partial charge in [0.1, 0.15) is 0 Å². The molecule has 0 heterocycles. The van der Waals surface area contributed by atoms with E-state index < -0.39 is 24.0 Å². The van der Waals surface area contributed by atoms with E-state index in [2.05, 4.69) is 10.1 Å². The van der Waals surface area contributed by atoms with E-state index in [9.17, 15) is 19.2 Å². The summed E-state index contributed by atoms with van der Waals surface area (Å²) in [5.41, 5.74) is 0.817. The minimum Gasteiger partial charge on any atom is -0.460 e. The number of carbonyl (C=O) groups is 4. The van der Waals surface area contributed by atoms with Crippen LogP contribution in [0.4, 0.5) is 5.69 Å². The predicted molar refractivity (Wildman–Crippen MR) is 66.7 cm³/mol. The molecular formula is C13H13NO5. The second-order valence-corrected chi connectivity index (χ2v) is 3.58. The van der Waals surface area contributed by atoms with Crippen molar-refractivity contribution >= 4 is 29.6 Å². The first kappa shape index (κ1) is 14.6. The van der Waals surface area contributed by atoms with Crippen LogP contribution >= 0.6 is 0 Å². The molecule has 0 aliphatic carbocycles. The largest absolute Gasteiger partial charge is 0.460 e. The SMILES string of the molecule is CCOC(=O)C(=O)CC(=O)c1ccc(NC=O)cc1. The van der Waals surface area contributed by atoms with Gasteiger partial charge in [-0.15, -0.1) is 0 Å². The maximum atomic E-state index is 11.7. The van der Waals surface area contributed by atoms with Crippen LogP contribution < -0.4 is 5.32 Å². The van der Waals surface area contributed by atoms with Crippen LogP contribution in [-0.2, 0) is 19.1 Å². The Labute approximate surface area is 109 Å². The third-order valence-electron chi connectivity index (χ3n) is 2.26. The van der Waals surface area contributed by atoms with Gasteiger partial charge in [-0.3, -0.25) is 14.4 Å². The van der Waals surface area contributed by atoms with Crippen molar-refractivity contribution in [3.8, 4) is 0 Å². The van der Waals surface area contributed by atoms with Crippen LogP contribution in [0.2, 0.25) is 0 Å². The van der Waals surface area contributed by atoms with Crippen molar-refractivity contribution in [1.82, 2.24) is 0 Å². The van der Waals surface area contributed by atoms with Crippen LogP contribution in [0, 0.1) is 0 Å². The lowest BCUT2D eigenvalue weighted by atomic mass is 10.1. The monoisotopic (exact) mass is 263 g/mol. The fourth-order valence-corrected chi connectivity index (χ4v) is 1.35. The summed E-state index contributed by atoms with van der Waals surface area (Å²) < 4.78 is 4.50. The van der Waals surface area contributed by atoms with Crippen molar-refractivity contribution in [2.24, 2.45) is 0 Å². The maximum Gasteiger partial charge on any atom is 0.375 e. The first-order valence-electron chi connectivity index (χ1n) is 5.62. The molecule has 0 unspecified atom stereocenters. The van der Waals surface area contributed by atoms with Crippen molar-refractivity contribution in [3.05, 3.63) is 29.8 Å². The molecule has 0 bridgehead atoms. The number of ketones is 2. The zero-order chi connectivity index (χ0) is 14.3. The highest BCUT2D eigenvalue weighted by molar-refractivity contribution is 6.38. The van der Waals surface area contributed by atoms with Crippen LogP contribution in [0.15, 0.2) is 24.3 Å². The van der Waals surface area contributed by atoms with Gasteiger partial charge in [0.25, 0.3) is 0 Å². The Morgan fingerprint density at radius 3 is 2.37 bits per heavy atom. The number of esters is 1. The second kappa shape index (κ2) is 7.05. The lowest BCUT2D eigenvalue weighted by Crippen LogP contribution is -2.20. The van der Waals surface area contributed by atoms with E-state index in [0.29, 0.717) is 12.1 Å². The smallest absolute Gasteiger partial charge is 0.375 e. The highest BCUT2D eigenvalue weighted by Gasteiger charge is 2.19. The van der Waals surface area contributed by atoms with E-state index in [-0.39, 0.29) is 12.2 Å². The van der Waals surface area contributed by atoms with Gasteiger partial charge in [0.2, 0.25) is 12.2 Å². The van der Waals surface area contributed by atoms with Crippen LogP contribution in [0.1, 0.15) is 23.7 Å². The fourth-order valence-electron chi connectivity index (χ4n) is 1.35. The summed E-state index contributed by atoms with van der Waals surface area (Å²) in [6.45, 7) is 1.66. The van der Waals surface area contributed by atoms with Crippen molar-refractivity contribution in [2.75, 3.05) is 11.9 Å². The summed E-state index contributed by atoms with van der Waals surface area (Å²) in [5.74, 6) is -2.35. The normalized spacial score (nSPS) is 9.53. The number of benzene rings is 1. The minimum absolute atomic E-state index is 0.0881. The topological polar surface area (TPSA) is 89.5 Å². The van der Waals surface area contributed by atoms with Gasteiger partial charge >= 0.3 is 5.97 Å². The first-order valence-corrected chi connectivity index (χ1v) is 5.62. The molecule has 0 atom stereocenters. The molecule has 0 aliphatic rings. The highest BCUT2D eigenvalue weighted by atomic mass is 16.5. The number of hydrogen-bond donors (Lipinski definition) is 1. The molecule has 1 aromatic carbocycles. The Bertz CT molecular complexity index is 492. The van der Waals surface area contributed by atoms with Gasteiger partial charge in [-0.2, -0.15) is 0 Å². The number of carbonyl (C=O) groups excluding carboxylic acids is 4. The summed E-state index contributed by atoms with van der Waals surface area (Å²) in [7, 11) is 0. The highest BCUT2D eigenvalue weighted by Crippen LogP contribution is 2.10. The molecule has 6 nitrogen and oxygen atoms in total. The second-order valence-electron chi connectivity index (χ2n) is 3.58. The number of nitrogens with one attached hydrogen (secondary N) is 1. The van der Waals surface area contributed by atoms with Gasteiger partial charge in [-0.25, -0.2) is 4.79 Å². The van der Waals surface area contributed by atoms with E-state index in [1.165, 1.54) is 24.3 Å². The van der Waals surface area contributed by atoms with Crippen molar-refractivity contribution in [1.29, 1.82) is 0 Å². The molecule has 0 spiro atoms. The molecule has 0 saturated heterocycles. The number of Topliss-reactive ketones (excluding diaryl/α,β-unsaturated/α-hetero) is 2. The Morgan fingerprint density at radius 1 is 1.21 bits per heavy atom. The standard InChI is InChI=1S/C13H13NO5/c1-2-19-13(18)12(17)7-11(16)9-3-5-10(6-4-9)14-8-15/h3-6,8H,2,7H2,1H3,(H,14,15). The molecular weight excluding hydrogens is 250 g/mol. The summed E-state index contributed by atoms with van der Waals surface area (Å²) >= 11 is 0. The van der Waals surface area contributed by atoms with E-state index in [0.717, 1.165) is 0 Å². The lowest BCUT2D eigenvalue weighted by molar-refractivity contribution is -0.153. The van der Waals surface area contributed by atoms with E-state index in [1.54, 1.807) is 6.92 Å². The van der Waals surface area contributed by atoms with Crippen molar-refractivity contribution < 1.29 is 23.9 Å². The number of amides is 1. The molecule has 0 saturated carbocycles. The van der Waals surface area contributed by atoms with Gasteiger partial charge in [0.15, 0.2) is 5.78 Å². The molecule has 1 amide bonds. The van der Waals surface area contributed by atoms with Crippen molar-refractivity contribution in [3.63, 3.8) is 0 Å². The number of anilines is 1. The number of hydrogen-bond acceptors (Lipinski definition) is 5. The quantitative estimate of drug-likeness (QED) is 0.260. The van der Waals surface area contributed by atoms with Gasteiger partial charge in [0, 0.05) is 11.3 Å². The number of ether oxygens (including phenoxy) is 1. The summed E-state index contributed by atoms with van der Waals surface area (Å²) in [6.07, 6.45) is -0.0135. The molecule has 1 N–H and O–H groups in total. The Morgan fingerprint density at radius 2 is 1.84 bits per heavy atom. The first-order chi connectivity index (χ1) is 9.08. The maximum absolute atomic E-state index is 11.7. The fraction of sp³-hybridized carbons (Fsp3) is 0.231. The molecule has 0 aromatic heterocycles. The van der Waals surface area contributed by atoms with Gasteiger partial charge in [0.05, 0.1) is 13.0 Å². The number of rotatable bonds is 7. The zero-order valence-electron chi connectivity index (χ0n) is 10.3. The van der Waals surface area contributed by atoms with Crippen LogP contribution in [0.25, 0.3) is 0 Å². The average Bonchev–Trinajstić information content (AvgIpc) is 2.40. The lowest BCUT2D eigenvalue weighted by Gasteiger charge is -2.02. The summed E-state index contributed by atoms with van der Waals surface area (Å²) in [4.78, 5) is 44.3. The molecule has 100 valence electrons. The van der Waals surface area contributed by atoms with Crippen LogP contribution in [0.3, 0.4) is 0 Å². The third kappa shape index (κ3) is 4.34. The zero-order valence-corrected chi connectivity index (χ0v) is 10.3. The minimum atomic E-state index is -1.00. The Balaban J connectivity index is 2.65. The molecule has 0 aliphatic heterocycles. The van der Waals surface area contributed by atoms with Crippen LogP contribution in [-0.4, -0.2) is 30.6 Å². The third-order valence-corrected chi connectivity index (χ3v) is 2.26. The van der Waals surface area contributed by atoms with E-state index in [1.807, 2.05) is 0 Å². The summed E-state index contributed by atoms with van der Waals surface area (Å²) in [6, 6.07) is 5.98. The van der Waals surface area contributed by atoms with Crippen molar-refractivity contribution in [2.45, 2.75) is 13.3 Å². The molecule has 0 radical (unpaired) electrons. The molecule has 1 aromatic rings. The molecule has 6 heteroatoms. The Hall–Kier alpha value is -2.50.